The maximum Gasteiger partial charge on any atom is 0.311 e. The number of nitrogens with zero attached hydrogens (tertiary/aromatic N) is 4. The van der Waals surface area contributed by atoms with Gasteiger partial charge in [-0.25, -0.2) is 4.98 Å². The summed E-state index contributed by atoms with van der Waals surface area (Å²) in [7, 11) is 0. The Morgan fingerprint density at radius 2 is 1.91 bits per heavy atom. The smallest absolute Gasteiger partial charge is 0.311 e. The molecule has 2 heterocycles. The number of ether oxygens (including phenoxy) is 2. The van der Waals surface area contributed by atoms with Gasteiger partial charge in [-0.3, -0.25) is 9.59 Å². The average Bonchev–Trinajstić information content (AvgIpc) is 3.39. The van der Waals surface area contributed by atoms with Crippen molar-refractivity contribution in [3.63, 3.8) is 0 Å². The summed E-state index contributed by atoms with van der Waals surface area (Å²) in [5.74, 6) is 1.15. The molecule has 2 aromatic heterocycles. The highest BCUT2D eigenvalue weighted by molar-refractivity contribution is 7.99. The zero-order valence-electron chi connectivity index (χ0n) is 18.2. The Morgan fingerprint density at radius 3 is 2.59 bits per heavy atom. The highest BCUT2D eigenvalue weighted by Gasteiger charge is 2.16. The first-order valence-electron chi connectivity index (χ1n) is 10.2. The molecular weight excluding hydrogens is 450 g/mol. The Labute approximate surface area is 194 Å². The quantitative estimate of drug-likeness (QED) is 0.331. The number of aromatic nitrogens is 4. The molecule has 170 valence electrons. The van der Waals surface area contributed by atoms with E-state index >= 15 is 0 Å². The lowest BCUT2D eigenvalue weighted by atomic mass is 10.2. The summed E-state index contributed by atoms with van der Waals surface area (Å²) in [4.78, 5) is 28.2. The molecule has 32 heavy (non-hydrogen) atoms. The molecule has 1 amide bonds. The number of carbonyl (C=O) groups is 2. The maximum absolute atomic E-state index is 12.4. The Kier molecular flexibility index (Phi) is 8.63. The van der Waals surface area contributed by atoms with Crippen LogP contribution in [0.15, 0.2) is 34.8 Å². The molecule has 1 N–H and O–H groups in total. The number of nitrogens with one attached hydrogen (secondary N) is 1. The van der Waals surface area contributed by atoms with Gasteiger partial charge >= 0.3 is 5.97 Å². The van der Waals surface area contributed by atoms with Crippen molar-refractivity contribution in [2.75, 3.05) is 24.3 Å². The van der Waals surface area contributed by atoms with E-state index < -0.39 is 0 Å². The van der Waals surface area contributed by atoms with Crippen LogP contribution >= 0.6 is 23.1 Å². The first kappa shape index (κ1) is 23.7. The SMILES string of the molecule is CCOC(=O)Cc1csc(NC(=O)CSc2nnc(-c3ccc(OCC)cc3)n2CC)n1. The zero-order chi connectivity index (χ0) is 22.9. The standard InChI is InChI=1S/C21H25N5O4S2/c1-4-26-19(14-7-9-16(10-8-14)29-5-2)24-25-21(26)32-13-17(27)23-20-22-15(12-31-20)11-18(28)30-6-3/h7-10,12H,4-6,11,13H2,1-3H3,(H,22,23,27). The molecule has 0 saturated heterocycles. The Morgan fingerprint density at radius 1 is 1.12 bits per heavy atom. The summed E-state index contributed by atoms with van der Waals surface area (Å²) >= 11 is 2.57. The van der Waals surface area contributed by atoms with E-state index in [-0.39, 0.29) is 24.1 Å². The number of anilines is 1. The topological polar surface area (TPSA) is 108 Å². The van der Waals surface area contributed by atoms with Gasteiger partial charge in [0.15, 0.2) is 16.1 Å². The molecule has 0 aliphatic rings. The molecule has 0 radical (unpaired) electrons. The fourth-order valence-electron chi connectivity index (χ4n) is 2.85. The number of carbonyl (C=O) groups excluding carboxylic acids is 2. The van der Waals surface area contributed by atoms with Gasteiger partial charge in [0.05, 0.1) is 31.1 Å². The van der Waals surface area contributed by atoms with E-state index in [4.69, 9.17) is 9.47 Å². The molecule has 0 unspecified atom stereocenters. The van der Waals surface area contributed by atoms with Crippen LogP contribution in [0.1, 0.15) is 26.5 Å². The van der Waals surface area contributed by atoms with Crippen molar-refractivity contribution in [3.8, 4) is 17.1 Å². The fourth-order valence-corrected chi connectivity index (χ4v) is 4.38. The van der Waals surface area contributed by atoms with Crippen LogP contribution in [-0.2, 0) is 27.3 Å². The van der Waals surface area contributed by atoms with E-state index in [0.29, 0.717) is 35.7 Å². The Bertz CT molecular complexity index is 1050. The van der Waals surface area contributed by atoms with Gasteiger partial charge in [0.2, 0.25) is 5.91 Å². The van der Waals surface area contributed by atoms with Crippen molar-refractivity contribution in [2.45, 2.75) is 38.9 Å². The molecule has 0 saturated carbocycles. The second kappa shape index (κ2) is 11.6. The molecule has 3 aromatic rings. The van der Waals surface area contributed by atoms with Crippen molar-refractivity contribution in [1.82, 2.24) is 19.7 Å². The summed E-state index contributed by atoms with van der Waals surface area (Å²) in [6, 6.07) is 7.69. The lowest BCUT2D eigenvalue weighted by Crippen LogP contribution is -2.15. The van der Waals surface area contributed by atoms with Crippen molar-refractivity contribution in [3.05, 3.63) is 35.3 Å². The minimum atomic E-state index is -0.339. The van der Waals surface area contributed by atoms with E-state index in [1.54, 1.807) is 12.3 Å². The summed E-state index contributed by atoms with van der Waals surface area (Å²) in [5, 5.41) is 14.2. The molecule has 0 aliphatic heterocycles. The Balaban J connectivity index is 1.58. The van der Waals surface area contributed by atoms with Crippen LogP contribution in [0.3, 0.4) is 0 Å². The number of thioether (sulfide) groups is 1. The van der Waals surface area contributed by atoms with Crippen molar-refractivity contribution in [1.29, 1.82) is 0 Å². The summed E-state index contributed by atoms with van der Waals surface area (Å²) in [5.41, 5.74) is 1.50. The third-order valence-corrected chi connectivity index (χ3v) is 5.99. The summed E-state index contributed by atoms with van der Waals surface area (Å²) < 4.78 is 12.4. The maximum atomic E-state index is 12.4. The minimum absolute atomic E-state index is 0.0862. The molecule has 0 bridgehead atoms. The van der Waals surface area contributed by atoms with Crippen LogP contribution in [0.5, 0.6) is 5.75 Å². The lowest BCUT2D eigenvalue weighted by Gasteiger charge is -2.08. The molecule has 9 nitrogen and oxygen atoms in total. The van der Waals surface area contributed by atoms with E-state index in [0.717, 1.165) is 17.1 Å². The second-order valence-electron chi connectivity index (χ2n) is 6.47. The van der Waals surface area contributed by atoms with Crippen LogP contribution in [0.25, 0.3) is 11.4 Å². The molecule has 0 atom stereocenters. The van der Waals surface area contributed by atoms with Gasteiger partial charge in [-0.2, -0.15) is 0 Å². The van der Waals surface area contributed by atoms with Crippen molar-refractivity contribution in [2.24, 2.45) is 0 Å². The third-order valence-electron chi connectivity index (χ3n) is 4.22. The first-order chi connectivity index (χ1) is 15.5. The third kappa shape index (κ3) is 6.30. The van der Waals surface area contributed by atoms with E-state index in [9.17, 15) is 9.59 Å². The van der Waals surface area contributed by atoms with Gasteiger partial charge in [-0.05, 0) is 45.0 Å². The summed E-state index contributed by atoms with van der Waals surface area (Å²) in [6.45, 7) is 7.31. The molecule has 0 aliphatic carbocycles. The van der Waals surface area contributed by atoms with Crippen LogP contribution in [0.2, 0.25) is 0 Å². The molecular formula is C21H25N5O4S2. The number of hydrogen-bond donors (Lipinski definition) is 1. The normalized spacial score (nSPS) is 10.7. The van der Waals surface area contributed by atoms with Crippen LogP contribution in [-0.4, -0.2) is 50.6 Å². The molecule has 0 fully saturated rings. The van der Waals surface area contributed by atoms with Gasteiger partial charge < -0.3 is 19.4 Å². The summed E-state index contributed by atoms with van der Waals surface area (Å²) in [6.07, 6.45) is 0.0862. The molecule has 1 aromatic carbocycles. The second-order valence-corrected chi connectivity index (χ2v) is 8.27. The van der Waals surface area contributed by atoms with Crippen molar-refractivity contribution < 1.29 is 19.1 Å². The molecule has 11 heteroatoms. The van der Waals surface area contributed by atoms with Gasteiger partial charge in [0, 0.05) is 17.5 Å². The van der Waals surface area contributed by atoms with Gasteiger partial charge in [-0.15, -0.1) is 21.5 Å². The van der Waals surface area contributed by atoms with E-state index in [1.165, 1.54) is 23.1 Å². The molecule has 0 spiro atoms. The average molecular weight is 476 g/mol. The fraction of sp³-hybridized carbons (Fsp3) is 0.381. The van der Waals surface area contributed by atoms with Crippen LogP contribution < -0.4 is 10.1 Å². The van der Waals surface area contributed by atoms with Gasteiger partial charge in [0.25, 0.3) is 0 Å². The number of amides is 1. The Hall–Kier alpha value is -2.92. The zero-order valence-corrected chi connectivity index (χ0v) is 19.8. The van der Waals surface area contributed by atoms with Crippen molar-refractivity contribution >= 4 is 40.1 Å². The largest absolute Gasteiger partial charge is 0.494 e. The van der Waals surface area contributed by atoms with Gasteiger partial charge in [0.1, 0.15) is 5.75 Å². The molecule has 3 rings (SSSR count). The van der Waals surface area contributed by atoms with E-state index in [2.05, 4.69) is 20.5 Å². The monoisotopic (exact) mass is 475 g/mol. The van der Waals surface area contributed by atoms with Crippen LogP contribution in [0, 0.1) is 0 Å². The van der Waals surface area contributed by atoms with E-state index in [1.807, 2.05) is 42.7 Å². The first-order valence-corrected chi connectivity index (χ1v) is 12.1. The number of benzene rings is 1. The minimum Gasteiger partial charge on any atom is -0.494 e. The highest BCUT2D eigenvalue weighted by Crippen LogP contribution is 2.26. The number of esters is 1. The number of thiazole rings is 1. The number of hydrogen-bond acceptors (Lipinski definition) is 9. The predicted octanol–water partition coefficient (Wildman–Crippen LogP) is 3.66. The van der Waals surface area contributed by atoms with Gasteiger partial charge in [-0.1, -0.05) is 11.8 Å². The number of rotatable bonds is 11. The van der Waals surface area contributed by atoms with Crippen LogP contribution in [0.4, 0.5) is 5.13 Å². The lowest BCUT2D eigenvalue weighted by molar-refractivity contribution is -0.142. The predicted molar refractivity (Wildman–Crippen MR) is 124 cm³/mol. The highest BCUT2D eigenvalue weighted by atomic mass is 32.2.